The Labute approximate surface area is 422 Å². The van der Waals surface area contributed by atoms with Crippen LogP contribution in [0.3, 0.4) is 0 Å². The molecule has 1 atom stereocenters. The molecule has 0 fully saturated rings. The minimum Gasteiger partial charge on any atom is -0.462 e. The van der Waals surface area contributed by atoms with E-state index in [1.807, 2.05) is 66.8 Å². The molecule has 0 rings (SSSR count). The number of allylic oxidation sites excluding steroid dienone is 28. The fraction of sp³-hybridized carbons (Fsp3) is 0.508. The fourth-order valence-corrected chi connectivity index (χ4v) is 6.45. The van der Waals surface area contributed by atoms with Gasteiger partial charge in [0.25, 0.3) is 0 Å². The third-order valence-corrected chi connectivity index (χ3v) is 10.3. The van der Waals surface area contributed by atoms with E-state index in [-0.39, 0.29) is 50.4 Å². The van der Waals surface area contributed by atoms with Crippen molar-refractivity contribution < 1.29 is 28.6 Å². The van der Waals surface area contributed by atoms with Crippen molar-refractivity contribution in [2.24, 2.45) is 0 Å². The number of rotatable bonds is 45. The zero-order valence-electron chi connectivity index (χ0n) is 43.5. The van der Waals surface area contributed by atoms with E-state index < -0.39 is 6.10 Å². The van der Waals surface area contributed by atoms with Crippen LogP contribution in [0.2, 0.25) is 0 Å². The number of hydrogen-bond acceptors (Lipinski definition) is 6. The zero-order chi connectivity index (χ0) is 50.0. The summed E-state index contributed by atoms with van der Waals surface area (Å²) in [6.07, 6.45) is 82.2. The Morgan fingerprint density at radius 2 is 0.638 bits per heavy atom. The van der Waals surface area contributed by atoms with E-state index in [0.29, 0.717) is 12.8 Å². The van der Waals surface area contributed by atoms with E-state index in [2.05, 4.69) is 124 Å². The Morgan fingerprint density at radius 1 is 0.304 bits per heavy atom. The minimum atomic E-state index is -0.850. The van der Waals surface area contributed by atoms with E-state index in [1.54, 1.807) is 0 Å². The van der Waals surface area contributed by atoms with Gasteiger partial charge in [-0.15, -0.1) is 0 Å². The van der Waals surface area contributed by atoms with Gasteiger partial charge < -0.3 is 14.2 Å². The van der Waals surface area contributed by atoms with Crippen LogP contribution in [-0.4, -0.2) is 37.2 Å². The molecule has 0 aromatic rings. The van der Waals surface area contributed by atoms with Crippen molar-refractivity contribution in [2.75, 3.05) is 13.2 Å². The van der Waals surface area contributed by atoms with Gasteiger partial charge >= 0.3 is 17.9 Å². The highest BCUT2D eigenvalue weighted by Gasteiger charge is 2.19. The lowest BCUT2D eigenvalue weighted by Crippen LogP contribution is -2.30. The molecule has 0 aliphatic carbocycles. The third kappa shape index (κ3) is 53.6. The van der Waals surface area contributed by atoms with Crippen molar-refractivity contribution in [1.82, 2.24) is 0 Å². The Bertz CT molecular complexity index is 1650. The van der Waals surface area contributed by atoms with Gasteiger partial charge in [0.2, 0.25) is 0 Å². The monoisotopic (exact) mass is 947 g/mol. The molecule has 382 valence electrons. The van der Waals surface area contributed by atoms with Crippen LogP contribution < -0.4 is 0 Å². The maximum Gasteiger partial charge on any atom is 0.306 e. The molecule has 0 spiro atoms. The summed E-state index contributed by atoms with van der Waals surface area (Å²) in [5.74, 6) is -1.12. The van der Waals surface area contributed by atoms with Gasteiger partial charge in [0.05, 0.1) is 0 Å². The van der Waals surface area contributed by atoms with Crippen molar-refractivity contribution in [3.05, 3.63) is 170 Å². The molecular formula is C63H94O6. The maximum absolute atomic E-state index is 12.8. The lowest BCUT2D eigenvalue weighted by Gasteiger charge is -2.18. The van der Waals surface area contributed by atoms with Gasteiger partial charge in [-0.05, 0) is 103 Å². The van der Waals surface area contributed by atoms with Crippen LogP contribution in [0.1, 0.15) is 188 Å². The summed E-state index contributed by atoms with van der Waals surface area (Å²) >= 11 is 0. The molecule has 0 aromatic heterocycles. The van der Waals surface area contributed by atoms with Gasteiger partial charge in [-0.25, -0.2) is 0 Å². The number of carbonyl (C=O) groups excluding carboxylic acids is 3. The second kappa shape index (κ2) is 55.4. The summed E-state index contributed by atoms with van der Waals surface area (Å²) in [6, 6.07) is 0. The third-order valence-electron chi connectivity index (χ3n) is 10.3. The van der Waals surface area contributed by atoms with Crippen molar-refractivity contribution in [2.45, 2.75) is 194 Å². The quantitative estimate of drug-likeness (QED) is 0.0199. The highest BCUT2D eigenvalue weighted by atomic mass is 16.6. The molecule has 0 heterocycles. The first-order valence-electron chi connectivity index (χ1n) is 26.7. The maximum atomic E-state index is 12.8. The highest BCUT2D eigenvalue weighted by Crippen LogP contribution is 2.13. The first kappa shape index (κ1) is 63.8. The molecule has 6 nitrogen and oxygen atoms in total. The van der Waals surface area contributed by atoms with Crippen molar-refractivity contribution in [3.8, 4) is 0 Å². The predicted octanol–water partition coefficient (Wildman–Crippen LogP) is 18.0. The lowest BCUT2D eigenvalue weighted by atomic mass is 10.1. The van der Waals surface area contributed by atoms with Gasteiger partial charge in [-0.1, -0.05) is 236 Å². The molecule has 0 bridgehead atoms. The molecule has 0 radical (unpaired) electrons. The number of esters is 3. The van der Waals surface area contributed by atoms with Crippen LogP contribution in [0.4, 0.5) is 0 Å². The van der Waals surface area contributed by atoms with Crippen LogP contribution in [-0.2, 0) is 28.6 Å². The molecule has 6 heteroatoms. The van der Waals surface area contributed by atoms with E-state index in [0.717, 1.165) is 96.3 Å². The molecular weight excluding hydrogens is 853 g/mol. The van der Waals surface area contributed by atoms with E-state index in [9.17, 15) is 14.4 Å². The SMILES string of the molecule is CC\C=C/C=C\C=C/C=C\C=C/CCCC(=O)OCC(COC(=O)CC/C=C\C/C=C\C/C=C\C/C=C\C/C=C\C/C=C\CC)OC(=O)CCCCCCCCCCC/C=C\C/C=C\C/C=C\CC. The normalized spacial score (nSPS) is 13.5. The summed E-state index contributed by atoms with van der Waals surface area (Å²) in [4.78, 5) is 38.0. The molecule has 0 aliphatic rings. The Balaban J connectivity index is 4.61. The summed E-state index contributed by atoms with van der Waals surface area (Å²) < 4.78 is 16.7. The molecule has 0 saturated carbocycles. The number of ether oxygens (including phenoxy) is 3. The first-order valence-corrected chi connectivity index (χ1v) is 26.7. The standard InChI is InChI=1S/C63H94O6/c1-4-7-10-13-16-19-22-25-27-29-31-33-35-38-41-44-47-50-53-56-62(65)68-59-60(58-67-61(64)55-52-49-46-43-40-37-24-21-18-15-12-9-6-3)69-63(66)57-54-51-48-45-42-39-36-34-32-30-28-26-23-20-17-14-11-8-5-2/h7-12,15-21,24-28,31,33,37-38,40-41,43,46-47,50,60H,4-6,13-14,22-23,29-30,32,34-36,39,42,44-45,48-49,51-59H2,1-3H3/b10-7-,11-8-,12-9-,18-15-,19-16-,20-17-,24-21-,27-25-,28-26-,33-31-,40-37-,41-38-,46-43-,50-47-. The van der Waals surface area contributed by atoms with Crippen LogP contribution >= 0.6 is 0 Å². The van der Waals surface area contributed by atoms with E-state index in [1.165, 1.54) is 38.5 Å². The van der Waals surface area contributed by atoms with E-state index >= 15 is 0 Å². The van der Waals surface area contributed by atoms with Crippen molar-refractivity contribution in [1.29, 1.82) is 0 Å². The van der Waals surface area contributed by atoms with Gasteiger partial charge in [0.15, 0.2) is 6.10 Å². The second-order valence-corrected chi connectivity index (χ2v) is 16.8. The van der Waals surface area contributed by atoms with Gasteiger partial charge in [0, 0.05) is 19.3 Å². The van der Waals surface area contributed by atoms with Crippen molar-refractivity contribution in [3.63, 3.8) is 0 Å². The highest BCUT2D eigenvalue weighted by molar-refractivity contribution is 5.71. The summed E-state index contributed by atoms with van der Waals surface area (Å²) in [5.41, 5.74) is 0. The van der Waals surface area contributed by atoms with Crippen molar-refractivity contribution >= 4 is 17.9 Å². The number of carbonyl (C=O) groups is 3. The van der Waals surface area contributed by atoms with Crippen LogP contribution in [0, 0.1) is 0 Å². The van der Waals surface area contributed by atoms with Gasteiger partial charge in [-0.2, -0.15) is 0 Å². The number of hydrogen-bond donors (Lipinski definition) is 0. The molecule has 69 heavy (non-hydrogen) atoms. The van der Waals surface area contributed by atoms with Gasteiger partial charge in [-0.3, -0.25) is 14.4 Å². The van der Waals surface area contributed by atoms with Crippen LogP contribution in [0.5, 0.6) is 0 Å². The average molecular weight is 947 g/mol. The topological polar surface area (TPSA) is 78.9 Å². The zero-order valence-corrected chi connectivity index (χ0v) is 43.5. The van der Waals surface area contributed by atoms with Crippen LogP contribution in [0.25, 0.3) is 0 Å². The van der Waals surface area contributed by atoms with Crippen LogP contribution in [0.15, 0.2) is 170 Å². The number of unbranched alkanes of at least 4 members (excludes halogenated alkanes) is 10. The Morgan fingerprint density at radius 3 is 1.10 bits per heavy atom. The molecule has 0 amide bonds. The lowest BCUT2D eigenvalue weighted by molar-refractivity contribution is -0.166. The summed E-state index contributed by atoms with van der Waals surface area (Å²) in [7, 11) is 0. The minimum absolute atomic E-state index is 0.149. The molecule has 0 saturated heterocycles. The average Bonchev–Trinajstić information content (AvgIpc) is 3.35. The molecule has 0 aliphatic heterocycles. The van der Waals surface area contributed by atoms with E-state index in [4.69, 9.17) is 14.2 Å². The van der Waals surface area contributed by atoms with Gasteiger partial charge in [0.1, 0.15) is 13.2 Å². The summed E-state index contributed by atoms with van der Waals surface area (Å²) in [6.45, 7) is 6.11. The Hall–Kier alpha value is -5.23. The molecule has 0 N–H and O–H groups in total. The first-order chi connectivity index (χ1) is 34.0. The predicted molar refractivity (Wildman–Crippen MR) is 297 cm³/mol. The second-order valence-electron chi connectivity index (χ2n) is 16.8. The smallest absolute Gasteiger partial charge is 0.306 e. The Kier molecular flexibility index (Phi) is 51.2. The molecule has 1 unspecified atom stereocenters. The largest absolute Gasteiger partial charge is 0.462 e. The molecule has 0 aromatic carbocycles. The fourth-order valence-electron chi connectivity index (χ4n) is 6.45. The summed E-state index contributed by atoms with van der Waals surface area (Å²) in [5, 5.41) is 0.